The molecule has 2 rings (SSSR count). The minimum atomic E-state index is -3.84. The number of ether oxygens (including phenoxy) is 1. The van der Waals surface area contributed by atoms with Gasteiger partial charge in [-0.25, -0.2) is 12.8 Å². The normalized spacial score (nSPS) is 11.2. The van der Waals surface area contributed by atoms with Crippen LogP contribution in [-0.2, 0) is 10.0 Å². The molecule has 4 nitrogen and oxygen atoms in total. The number of nitrogens with one attached hydrogen (secondary N) is 1. The van der Waals surface area contributed by atoms with Gasteiger partial charge < -0.3 is 4.74 Å². The molecular weight excluding hydrogens is 281 g/mol. The van der Waals surface area contributed by atoms with Crippen molar-refractivity contribution < 1.29 is 17.5 Å². The van der Waals surface area contributed by atoms with Crippen LogP contribution in [0.2, 0.25) is 0 Å². The molecule has 0 aliphatic heterocycles. The van der Waals surface area contributed by atoms with E-state index in [2.05, 4.69) is 4.72 Å². The first-order chi connectivity index (χ1) is 9.44. The summed E-state index contributed by atoms with van der Waals surface area (Å²) in [7, 11) is -2.34. The predicted molar refractivity (Wildman–Crippen MR) is 74.9 cm³/mol. The fourth-order valence-corrected chi connectivity index (χ4v) is 3.09. The van der Waals surface area contributed by atoms with Crippen molar-refractivity contribution in [1.82, 2.24) is 0 Å². The summed E-state index contributed by atoms with van der Waals surface area (Å²) in [6.45, 7) is 1.65. The van der Waals surface area contributed by atoms with E-state index >= 15 is 0 Å². The Hall–Kier alpha value is -2.08. The fraction of sp³-hybridized carbons (Fsp3) is 0.143. The molecule has 0 bridgehead atoms. The number of benzene rings is 2. The molecule has 2 aromatic rings. The van der Waals surface area contributed by atoms with E-state index in [1.165, 1.54) is 31.4 Å². The molecule has 0 saturated heterocycles. The molecule has 0 spiro atoms. The van der Waals surface area contributed by atoms with Gasteiger partial charge in [0, 0.05) is 0 Å². The van der Waals surface area contributed by atoms with Crippen LogP contribution in [0.5, 0.6) is 5.75 Å². The molecule has 0 aliphatic rings. The first-order valence-electron chi connectivity index (χ1n) is 5.86. The highest BCUT2D eigenvalue weighted by Crippen LogP contribution is 2.24. The zero-order chi connectivity index (χ0) is 14.8. The molecule has 6 heteroatoms. The van der Waals surface area contributed by atoms with Gasteiger partial charge in [0.2, 0.25) is 0 Å². The molecule has 2 aromatic carbocycles. The third-order valence-electron chi connectivity index (χ3n) is 2.79. The summed E-state index contributed by atoms with van der Waals surface area (Å²) in [6.07, 6.45) is 0. The Morgan fingerprint density at radius 2 is 1.85 bits per heavy atom. The molecule has 0 radical (unpaired) electrons. The maximum absolute atomic E-state index is 13.5. The van der Waals surface area contributed by atoms with E-state index in [0.29, 0.717) is 11.3 Å². The monoisotopic (exact) mass is 295 g/mol. The van der Waals surface area contributed by atoms with Crippen molar-refractivity contribution in [1.29, 1.82) is 0 Å². The van der Waals surface area contributed by atoms with Gasteiger partial charge in [-0.3, -0.25) is 4.72 Å². The average Bonchev–Trinajstić information content (AvgIpc) is 2.40. The Morgan fingerprint density at radius 1 is 1.15 bits per heavy atom. The number of rotatable bonds is 4. The van der Waals surface area contributed by atoms with Crippen molar-refractivity contribution in [2.24, 2.45) is 0 Å². The van der Waals surface area contributed by atoms with Crippen LogP contribution in [0, 0.1) is 12.7 Å². The number of para-hydroxylation sites is 1. The van der Waals surface area contributed by atoms with Gasteiger partial charge in [-0.05, 0) is 42.8 Å². The second kappa shape index (κ2) is 5.50. The summed E-state index contributed by atoms with van der Waals surface area (Å²) in [5, 5.41) is 0. The minimum Gasteiger partial charge on any atom is -0.497 e. The first kappa shape index (κ1) is 14.3. The Bertz CT molecular complexity index is 729. The van der Waals surface area contributed by atoms with Crippen LogP contribution in [-0.4, -0.2) is 15.5 Å². The van der Waals surface area contributed by atoms with E-state index in [9.17, 15) is 12.8 Å². The van der Waals surface area contributed by atoms with Gasteiger partial charge in [0.25, 0.3) is 10.0 Å². The number of hydrogen-bond donors (Lipinski definition) is 1. The fourth-order valence-electron chi connectivity index (χ4n) is 1.79. The number of aryl methyl sites for hydroxylation is 1. The molecule has 0 heterocycles. The van der Waals surface area contributed by atoms with E-state index in [1.54, 1.807) is 25.1 Å². The van der Waals surface area contributed by atoms with Crippen molar-refractivity contribution in [3.63, 3.8) is 0 Å². The molecule has 0 amide bonds. The number of hydrogen-bond acceptors (Lipinski definition) is 3. The molecule has 106 valence electrons. The highest BCUT2D eigenvalue weighted by molar-refractivity contribution is 7.92. The largest absolute Gasteiger partial charge is 0.497 e. The topological polar surface area (TPSA) is 55.4 Å². The molecule has 0 unspecified atom stereocenters. The van der Waals surface area contributed by atoms with Crippen molar-refractivity contribution in [3.8, 4) is 5.75 Å². The third-order valence-corrected chi connectivity index (χ3v) is 4.32. The van der Waals surface area contributed by atoms with Crippen LogP contribution in [0.25, 0.3) is 0 Å². The highest BCUT2D eigenvalue weighted by Gasteiger charge is 2.18. The van der Waals surface area contributed by atoms with Gasteiger partial charge in [0.15, 0.2) is 0 Å². The van der Waals surface area contributed by atoms with Gasteiger partial charge in [-0.15, -0.1) is 0 Å². The highest BCUT2D eigenvalue weighted by atomic mass is 32.2. The van der Waals surface area contributed by atoms with Gasteiger partial charge in [0.05, 0.1) is 17.7 Å². The summed E-state index contributed by atoms with van der Waals surface area (Å²) >= 11 is 0. The second-order valence-electron chi connectivity index (χ2n) is 4.22. The molecule has 0 saturated carbocycles. The first-order valence-corrected chi connectivity index (χ1v) is 7.34. The van der Waals surface area contributed by atoms with E-state index in [1.807, 2.05) is 0 Å². The maximum atomic E-state index is 13.5. The predicted octanol–water partition coefficient (Wildman–Crippen LogP) is 2.94. The van der Waals surface area contributed by atoms with Crippen molar-refractivity contribution in [2.75, 3.05) is 11.8 Å². The van der Waals surface area contributed by atoms with Crippen LogP contribution < -0.4 is 9.46 Å². The van der Waals surface area contributed by atoms with Crippen molar-refractivity contribution in [2.45, 2.75) is 11.8 Å². The summed E-state index contributed by atoms with van der Waals surface area (Å²) in [5.74, 6) is -0.0606. The summed E-state index contributed by atoms with van der Waals surface area (Å²) < 4.78 is 45.3. The minimum absolute atomic E-state index is 0.0808. The Kier molecular flexibility index (Phi) is 3.94. The number of sulfonamides is 1. The standard InChI is InChI=1S/C14H14FNO3S/c1-10-9-11(19-2)7-8-14(10)20(17,18)16-13-6-4-3-5-12(13)15/h3-9,16H,1-2H3. The molecule has 0 aliphatic carbocycles. The number of anilines is 1. The number of methoxy groups -OCH3 is 1. The van der Waals surface area contributed by atoms with Crippen molar-refractivity contribution in [3.05, 3.63) is 53.8 Å². The second-order valence-corrected chi connectivity index (χ2v) is 5.87. The molecule has 0 fully saturated rings. The van der Waals surface area contributed by atoms with Gasteiger partial charge in [0.1, 0.15) is 11.6 Å². The van der Waals surface area contributed by atoms with E-state index in [0.717, 1.165) is 0 Å². The Balaban J connectivity index is 2.39. The lowest BCUT2D eigenvalue weighted by Gasteiger charge is -2.11. The molecule has 0 aromatic heterocycles. The SMILES string of the molecule is COc1ccc(S(=O)(=O)Nc2ccccc2F)c(C)c1. The molecule has 1 N–H and O–H groups in total. The van der Waals surface area contributed by atoms with E-state index in [-0.39, 0.29) is 10.6 Å². The summed E-state index contributed by atoms with van der Waals surface area (Å²) in [6, 6.07) is 10.2. The van der Waals surface area contributed by atoms with Crippen LogP contribution in [0.4, 0.5) is 10.1 Å². The molecular formula is C14H14FNO3S. The maximum Gasteiger partial charge on any atom is 0.262 e. The zero-order valence-corrected chi connectivity index (χ0v) is 11.9. The smallest absolute Gasteiger partial charge is 0.262 e. The van der Waals surface area contributed by atoms with Crippen molar-refractivity contribution >= 4 is 15.7 Å². The lowest BCUT2D eigenvalue weighted by atomic mass is 10.2. The van der Waals surface area contributed by atoms with Crippen LogP contribution in [0.3, 0.4) is 0 Å². The summed E-state index contributed by atoms with van der Waals surface area (Å²) in [5.41, 5.74) is 0.441. The van der Waals surface area contributed by atoms with Gasteiger partial charge in [-0.1, -0.05) is 12.1 Å². The third kappa shape index (κ3) is 2.91. The van der Waals surface area contributed by atoms with E-state index in [4.69, 9.17) is 4.74 Å². The average molecular weight is 295 g/mol. The molecule has 20 heavy (non-hydrogen) atoms. The van der Waals surface area contributed by atoms with Crippen LogP contribution >= 0.6 is 0 Å². The van der Waals surface area contributed by atoms with Crippen LogP contribution in [0.15, 0.2) is 47.4 Å². The lowest BCUT2D eigenvalue weighted by Crippen LogP contribution is -2.15. The Labute approximate surface area is 117 Å². The van der Waals surface area contributed by atoms with E-state index < -0.39 is 15.8 Å². The zero-order valence-electron chi connectivity index (χ0n) is 11.1. The molecule has 0 atom stereocenters. The van der Waals surface area contributed by atoms with Gasteiger partial charge in [-0.2, -0.15) is 0 Å². The Morgan fingerprint density at radius 3 is 2.45 bits per heavy atom. The summed E-state index contributed by atoms with van der Waals surface area (Å²) in [4.78, 5) is 0.0848. The van der Waals surface area contributed by atoms with Gasteiger partial charge >= 0.3 is 0 Å². The van der Waals surface area contributed by atoms with Crippen LogP contribution in [0.1, 0.15) is 5.56 Å². The lowest BCUT2D eigenvalue weighted by molar-refractivity contribution is 0.414. The quantitative estimate of drug-likeness (QED) is 0.943. The number of halogens is 1.